The number of aromatic nitrogens is 2. The number of benzene rings is 1. The van der Waals surface area contributed by atoms with Crippen LogP contribution >= 0.6 is 0 Å². The number of carbonyl (C=O) groups excluding carboxylic acids is 1. The Balaban J connectivity index is 0.000000633. The van der Waals surface area contributed by atoms with Crippen LogP contribution in [0.15, 0.2) is 36.5 Å². The van der Waals surface area contributed by atoms with Crippen molar-refractivity contribution < 1.29 is 32.3 Å². The number of aliphatic carboxylic acids is 1. The van der Waals surface area contributed by atoms with Crippen LogP contribution in [0, 0.1) is 22.6 Å². The summed E-state index contributed by atoms with van der Waals surface area (Å²) >= 11 is 0. The van der Waals surface area contributed by atoms with Gasteiger partial charge in [-0.2, -0.15) is 23.4 Å². The summed E-state index contributed by atoms with van der Waals surface area (Å²) in [5.74, 6) is -2.73. The van der Waals surface area contributed by atoms with Gasteiger partial charge in [-0.1, -0.05) is 20.8 Å². The Morgan fingerprint density at radius 3 is 2.19 bits per heavy atom. The van der Waals surface area contributed by atoms with Crippen LogP contribution in [0.4, 0.5) is 33.9 Å². The number of urea groups is 1. The number of alkyl halides is 3. The van der Waals surface area contributed by atoms with E-state index in [4.69, 9.17) is 15.2 Å². The number of carbonyl (C=O) groups is 2. The minimum atomic E-state index is -5.08. The summed E-state index contributed by atoms with van der Waals surface area (Å²) in [7, 11) is 0. The number of rotatable bonds is 4. The zero-order valence-corrected chi connectivity index (χ0v) is 17.2. The molecule has 13 heteroatoms. The van der Waals surface area contributed by atoms with Gasteiger partial charge in [0.1, 0.15) is 11.9 Å². The number of nitriles is 1. The van der Waals surface area contributed by atoms with Gasteiger partial charge in [-0.05, 0) is 29.7 Å². The van der Waals surface area contributed by atoms with Gasteiger partial charge < -0.3 is 10.4 Å². The Morgan fingerprint density at radius 2 is 1.72 bits per heavy atom. The second-order valence-electron chi connectivity index (χ2n) is 7.37. The van der Waals surface area contributed by atoms with Crippen molar-refractivity contribution in [1.82, 2.24) is 15.4 Å². The number of anilines is 2. The molecule has 0 bridgehead atoms. The highest BCUT2D eigenvalue weighted by Gasteiger charge is 2.38. The van der Waals surface area contributed by atoms with Gasteiger partial charge in [-0.25, -0.2) is 24.4 Å². The van der Waals surface area contributed by atoms with Gasteiger partial charge in [0.2, 0.25) is 5.82 Å². The molecule has 0 radical (unpaired) electrons. The Bertz CT molecular complexity index is 969. The molecule has 0 fully saturated rings. The fourth-order valence-corrected chi connectivity index (χ4v) is 2.02. The van der Waals surface area contributed by atoms with Crippen LogP contribution in [0.25, 0.3) is 0 Å². The van der Waals surface area contributed by atoms with Gasteiger partial charge in [0.15, 0.2) is 5.82 Å². The lowest BCUT2D eigenvalue weighted by atomic mass is 9.97. The number of nitrogens with one attached hydrogen (secondary N) is 2. The first-order valence-electron chi connectivity index (χ1n) is 8.85. The van der Waals surface area contributed by atoms with Crippen LogP contribution in [0.5, 0.6) is 0 Å². The number of nitrogens with zero attached hydrogens (tertiary/aromatic N) is 4. The van der Waals surface area contributed by atoms with Gasteiger partial charge >= 0.3 is 18.2 Å². The first kappa shape index (κ1) is 26.1. The Labute approximate surface area is 180 Å². The maximum Gasteiger partial charge on any atom is 0.490 e. The smallest absolute Gasteiger partial charge is 0.475 e. The molecule has 0 aliphatic carbocycles. The standard InChI is InChI=1S/C17H19FN6O.C2HF3O2/c1-17(2,3)11-24(15-8-9-20-14(10-19)22-15)23-16(25)21-13-6-4-12(18)5-7-13;3-2(4,5)1(6)7/h4-9H,11H2,1-3H3,(H2,21,23,25);(H,6,7). The third kappa shape index (κ3) is 9.70. The van der Waals surface area contributed by atoms with Crippen molar-refractivity contribution in [2.75, 3.05) is 16.9 Å². The minimum Gasteiger partial charge on any atom is -0.475 e. The summed E-state index contributed by atoms with van der Waals surface area (Å²) in [6, 6.07) is 8.40. The van der Waals surface area contributed by atoms with E-state index in [1.54, 1.807) is 11.1 Å². The second-order valence-corrected chi connectivity index (χ2v) is 7.37. The number of hydrogen-bond acceptors (Lipinski definition) is 6. The highest BCUT2D eigenvalue weighted by Crippen LogP contribution is 2.19. The highest BCUT2D eigenvalue weighted by atomic mass is 19.4. The summed E-state index contributed by atoms with van der Waals surface area (Å²) in [5, 5.41) is 20.2. The molecule has 0 atom stereocenters. The molecule has 1 aromatic carbocycles. The number of carboxylic acids is 1. The van der Waals surface area contributed by atoms with Crippen molar-refractivity contribution in [3.05, 3.63) is 48.2 Å². The molecule has 2 rings (SSSR count). The summed E-state index contributed by atoms with van der Waals surface area (Å²) in [5.41, 5.74) is 3.00. The van der Waals surface area contributed by atoms with Crippen molar-refractivity contribution in [2.24, 2.45) is 5.41 Å². The van der Waals surface area contributed by atoms with Crippen LogP contribution in [-0.2, 0) is 4.79 Å². The van der Waals surface area contributed by atoms with E-state index in [-0.39, 0.29) is 17.1 Å². The van der Waals surface area contributed by atoms with Crippen molar-refractivity contribution in [3.63, 3.8) is 0 Å². The molecule has 0 spiro atoms. The summed E-state index contributed by atoms with van der Waals surface area (Å²) < 4.78 is 44.7. The molecule has 0 saturated carbocycles. The fraction of sp³-hybridized carbons (Fsp3) is 0.316. The number of hydrazine groups is 1. The molecule has 3 N–H and O–H groups in total. The van der Waals surface area contributed by atoms with E-state index in [0.717, 1.165) is 0 Å². The van der Waals surface area contributed by atoms with E-state index in [1.165, 1.54) is 30.5 Å². The molecule has 1 heterocycles. The molecule has 0 aliphatic rings. The molecule has 0 saturated heterocycles. The quantitative estimate of drug-likeness (QED) is 0.472. The minimum absolute atomic E-state index is 0.0113. The van der Waals surface area contributed by atoms with Crippen molar-refractivity contribution in [1.29, 1.82) is 5.26 Å². The lowest BCUT2D eigenvalue weighted by Crippen LogP contribution is -2.48. The molecule has 0 unspecified atom stereocenters. The lowest BCUT2D eigenvalue weighted by molar-refractivity contribution is -0.192. The first-order chi connectivity index (χ1) is 14.7. The van der Waals surface area contributed by atoms with Crippen LogP contribution in [0.2, 0.25) is 0 Å². The average Bonchev–Trinajstić information content (AvgIpc) is 2.68. The van der Waals surface area contributed by atoms with E-state index >= 15 is 0 Å². The molecule has 2 amide bonds. The normalized spacial score (nSPS) is 10.8. The van der Waals surface area contributed by atoms with Gasteiger partial charge in [-0.3, -0.25) is 5.01 Å². The number of halogens is 4. The topological polar surface area (TPSA) is 131 Å². The summed E-state index contributed by atoms with van der Waals surface area (Å²) in [6.45, 7) is 6.47. The van der Waals surface area contributed by atoms with Gasteiger partial charge in [0, 0.05) is 24.5 Å². The maximum atomic E-state index is 12.9. The molecule has 0 aliphatic heterocycles. The van der Waals surface area contributed by atoms with E-state index < -0.39 is 18.2 Å². The van der Waals surface area contributed by atoms with Gasteiger partial charge in [0.25, 0.3) is 0 Å². The summed E-state index contributed by atoms with van der Waals surface area (Å²) in [4.78, 5) is 29.1. The number of hydrogen-bond donors (Lipinski definition) is 3. The van der Waals surface area contributed by atoms with Crippen molar-refractivity contribution in [3.8, 4) is 6.07 Å². The molecular formula is C19H20F4N6O3. The van der Waals surface area contributed by atoms with Crippen LogP contribution in [-0.4, -0.2) is 39.8 Å². The lowest BCUT2D eigenvalue weighted by Gasteiger charge is -2.30. The summed E-state index contributed by atoms with van der Waals surface area (Å²) in [6.07, 6.45) is -3.63. The highest BCUT2D eigenvalue weighted by molar-refractivity contribution is 5.90. The molecular weight excluding hydrogens is 436 g/mol. The van der Waals surface area contributed by atoms with E-state index in [0.29, 0.717) is 18.1 Å². The SMILES string of the molecule is CC(C)(C)CN(NC(=O)Nc1ccc(F)cc1)c1ccnc(C#N)n1.O=C(O)C(F)(F)F. The third-order valence-corrected chi connectivity index (χ3v) is 3.23. The molecule has 172 valence electrons. The second kappa shape index (κ2) is 10.9. The van der Waals surface area contributed by atoms with E-state index in [1.807, 2.05) is 26.8 Å². The van der Waals surface area contributed by atoms with E-state index in [2.05, 4.69) is 20.7 Å². The largest absolute Gasteiger partial charge is 0.490 e. The van der Waals surface area contributed by atoms with Crippen molar-refractivity contribution >= 4 is 23.5 Å². The number of carboxylic acid groups (broad SMARTS) is 1. The Morgan fingerprint density at radius 1 is 1.16 bits per heavy atom. The monoisotopic (exact) mass is 456 g/mol. The number of amides is 2. The Hall–Kier alpha value is -3.95. The predicted octanol–water partition coefficient (Wildman–Crippen LogP) is 3.71. The fourth-order valence-electron chi connectivity index (χ4n) is 2.02. The first-order valence-corrected chi connectivity index (χ1v) is 8.85. The molecule has 9 nitrogen and oxygen atoms in total. The van der Waals surface area contributed by atoms with Crippen LogP contribution < -0.4 is 15.8 Å². The molecule has 32 heavy (non-hydrogen) atoms. The molecule has 2 aromatic rings. The van der Waals surface area contributed by atoms with Crippen LogP contribution in [0.1, 0.15) is 26.6 Å². The zero-order valence-electron chi connectivity index (χ0n) is 17.2. The molecule has 1 aromatic heterocycles. The van der Waals surface area contributed by atoms with Crippen LogP contribution in [0.3, 0.4) is 0 Å². The van der Waals surface area contributed by atoms with E-state index in [9.17, 15) is 22.4 Å². The predicted molar refractivity (Wildman–Crippen MR) is 106 cm³/mol. The Kier molecular flexibility index (Phi) is 8.88. The third-order valence-electron chi connectivity index (χ3n) is 3.23. The van der Waals surface area contributed by atoms with Gasteiger partial charge in [0.05, 0.1) is 0 Å². The van der Waals surface area contributed by atoms with Gasteiger partial charge in [-0.15, -0.1) is 0 Å². The van der Waals surface area contributed by atoms with Crippen molar-refractivity contribution in [2.45, 2.75) is 26.9 Å². The zero-order chi connectivity index (χ0) is 24.5. The maximum absolute atomic E-state index is 12.9. The average molecular weight is 456 g/mol.